The zero-order valence-corrected chi connectivity index (χ0v) is 14.8. The molecule has 0 heterocycles. The van der Waals surface area contributed by atoms with Gasteiger partial charge in [-0.25, -0.2) is 8.78 Å². The smallest absolute Gasteiger partial charge is 0.275 e. The molecule has 5 nitrogen and oxygen atoms in total. The zero-order valence-electron chi connectivity index (χ0n) is 14.1. The predicted octanol–water partition coefficient (Wildman–Crippen LogP) is 2.00. The van der Waals surface area contributed by atoms with E-state index in [0.717, 1.165) is 17.7 Å². The van der Waals surface area contributed by atoms with E-state index in [9.17, 15) is 18.4 Å². The molecule has 2 rings (SSSR count). The highest BCUT2D eigenvalue weighted by molar-refractivity contribution is 6.30. The third-order valence-corrected chi connectivity index (χ3v) is 3.92. The summed E-state index contributed by atoms with van der Waals surface area (Å²) in [5, 5.41) is 7.29. The SMILES string of the molecule is C[C@@H]([NH2+]CC(=O)NCC(=O)Nc1ccc(F)c(F)c1)c1cccc(Cl)c1. The predicted molar refractivity (Wildman–Crippen MR) is 94.7 cm³/mol. The number of quaternary nitrogens is 1. The van der Waals surface area contributed by atoms with Crippen LogP contribution in [0.25, 0.3) is 0 Å². The molecule has 0 radical (unpaired) electrons. The first-order valence-electron chi connectivity index (χ1n) is 7.95. The lowest BCUT2D eigenvalue weighted by molar-refractivity contribution is -0.682. The summed E-state index contributed by atoms with van der Waals surface area (Å²) in [5.41, 5.74) is 1.10. The summed E-state index contributed by atoms with van der Waals surface area (Å²) in [5.74, 6) is -2.91. The van der Waals surface area contributed by atoms with Crippen LogP contribution in [0.3, 0.4) is 0 Å². The molecule has 0 fully saturated rings. The first kappa shape index (κ1) is 19.8. The van der Waals surface area contributed by atoms with Crippen molar-refractivity contribution in [3.63, 3.8) is 0 Å². The molecular weight excluding hydrogens is 364 g/mol. The molecular formula is C18H19ClF2N3O2+. The Morgan fingerprint density at radius 3 is 2.58 bits per heavy atom. The first-order valence-corrected chi connectivity index (χ1v) is 8.33. The van der Waals surface area contributed by atoms with Crippen LogP contribution in [0.4, 0.5) is 14.5 Å². The second-order valence-corrected chi connectivity index (χ2v) is 6.17. The molecule has 0 saturated heterocycles. The number of hydrogen-bond donors (Lipinski definition) is 3. The van der Waals surface area contributed by atoms with Crippen LogP contribution >= 0.6 is 11.6 Å². The minimum absolute atomic E-state index is 0.0236. The van der Waals surface area contributed by atoms with Crippen molar-refractivity contribution in [3.8, 4) is 0 Å². The lowest BCUT2D eigenvalue weighted by Crippen LogP contribution is -2.87. The molecule has 8 heteroatoms. The number of benzene rings is 2. The van der Waals surface area contributed by atoms with Gasteiger partial charge in [0, 0.05) is 22.3 Å². The molecule has 2 aromatic carbocycles. The van der Waals surface area contributed by atoms with Gasteiger partial charge in [-0.2, -0.15) is 0 Å². The average Bonchev–Trinajstić information content (AvgIpc) is 2.61. The van der Waals surface area contributed by atoms with Crippen LogP contribution in [-0.4, -0.2) is 24.9 Å². The maximum absolute atomic E-state index is 13.1. The van der Waals surface area contributed by atoms with E-state index in [2.05, 4.69) is 10.6 Å². The van der Waals surface area contributed by atoms with E-state index in [-0.39, 0.29) is 30.7 Å². The highest BCUT2D eigenvalue weighted by Crippen LogP contribution is 2.14. The summed E-state index contributed by atoms with van der Waals surface area (Å²) in [7, 11) is 0. The Morgan fingerprint density at radius 2 is 1.88 bits per heavy atom. The Bertz CT molecular complexity index is 802. The van der Waals surface area contributed by atoms with Gasteiger partial charge in [-0.15, -0.1) is 0 Å². The fourth-order valence-corrected chi connectivity index (χ4v) is 2.44. The summed E-state index contributed by atoms with van der Waals surface area (Å²) in [6.07, 6.45) is 0. The monoisotopic (exact) mass is 382 g/mol. The summed E-state index contributed by atoms with van der Waals surface area (Å²) in [6.45, 7) is 1.80. The third-order valence-electron chi connectivity index (χ3n) is 3.68. The van der Waals surface area contributed by atoms with Crippen molar-refractivity contribution >= 4 is 29.1 Å². The first-order chi connectivity index (χ1) is 12.3. The van der Waals surface area contributed by atoms with E-state index in [0.29, 0.717) is 5.02 Å². The van der Waals surface area contributed by atoms with E-state index in [1.807, 2.05) is 30.4 Å². The van der Waals surface area contributed by atoms with E-state index in [1.54, 1.807) is 6.07 Å². The number of rotatable bonds is 7. The molecule has 0 saturated carbocycles. The summed E-state index contributed by atoms with van der Waals surface area (Å²) in [6, 6.07) is 10.4. The molecule has 2 amide bonds. The highest BCUT2D eigenvalue weighted by atomic mass is 35.5. The highest BCUT2D eigenvalue weighted by Gasteiger charge is 2.13. The maximum atomic E-state index is 13.1. The Hall–Kier alpha value is -2.51. The number of carbonyl (C=O) groups is 2. The van der Waals surface area contributed by atoms with Gasteiger partial charge >= 0.3 is 0 Å². The lowest BCUT2D eigenvalue weighted by Gasteiger charge is -2.11. The van der Waals surface area contributed by atoms with Gasteiger partial charge in [0.05, 0.1) is 6.54 Å². The topological polar surface area (TPSA) is 74.8 Å². The van der Waals surface area contributed by atoms with E-state index in [1.165, 1.54) is 6.07 Å². The summed E-state index contributed by atoms with van der Waals surface area (Å²) in [4.78, 5) is 23.6. The number of anilines is 1. The maximum Gasteiger partial charge on any atom is 0.275 e. The van der Waals surface area contributed by atoms with Gasteiger partial charge in [-0.3, -0.25) is 9.59 Å². The van der Waals surface area contributed by atoms with Gasteiger partial charge in [0.25, 0.3) is 5.91 Å². The molecule has 4 N–H and O–H groups in total. The van der Waals surface area contributed by atoms with Crippen LogP contribution in [0.5, 0.6) is 0 Å². The minimum atomic E-state index is -1.06. The van der Waals surface area contributed by atoms with Crippen LogP contribution in [0.1, 0.15) is 18.5 Å². The van der Waals surface area contributed by atoms with Gasteiger partial charge in [-0.05, 0) is 31.2 Å². The average molecular weight is 383 g/mol. The van der Waals surface area contributed by atoms with Crippen molar-refractivity contribution in [1.29, 1.82) is 0 Å². The minimum Gasteiger partial charge on any atom is -0.342 e. The number of hydrogen-bond acceptors (Lipinski definition) is 2. The van der Waals surface area contributed by atoms with Crippen LogP contribution in [-0.2, 0) is 9.59 Å². The molecule has 0 unspecified atom stereocenters. The lowest BCUT2D eigenvalue weighted by atomic mass is 10.1. The largest absolute Gasteiger partial charge is 0.342 e. The number of amides is 2. The van der Waals surface area contributed by atoms with E-state index >= 15 is 0 Å². The molecule has 0 aromatic heterocycles. The fraction of sp³-hybridized carbons (Fsp3) is 0.222. The van der Waals surface area contributed by atoms with E-state index < -0.39 is 17.5 Å². The van der Waals surface area contributed by atoms with Gasteiger partial charge < -0.3 is 16.0 Å². The van der Waals surface area contributed by atoms with Gasteiger partial charge in [0.1, 0.15) is 6.04 Å². The van der Waals surface area contributed by atoms with Crippen LogP contribution in [0, 0.1) is 11.6 Å². The Labute approximate surface area is 154 Å². The molecule has 26 heavy (non-hydrogen) atoms. The summed E-state index contributed by atoms with van der Waals surface area (Å²) >= 11 is 5.94. The van der Waals surface area contributed by atoms with Crippen LogP contribution in [0.2, 0.25) is 5.02 Å². The normalized spacial score (nSPS) is 11.7. The number of nitrogens with two attached hydrogens (primary N) is 1. The third kappa shape index (κ3) is 6.09. The Balaban J connectivity index is 1.74. The number of nitrogens with one attached hydrogen (secondary N) is 2. The zero-order chi connectivity index (χ0) is 19.1. The number of carbonyl (C=O) groups excluding carboxylic acids is 2. The van der Waals surface area contributed by atoms with Gasteiger partial charge in [0.15, 0.2) is 18.2 Å². The Kier molecular flexibility index (Phi) is 7.06. The molecule has 2 aromatic rings. The van der Waals surface area contributed by atoms with Gasteiger partial charge in [-0.1, -0.05) is 23.7 Å². The summed E-state index contributed by atoms with van der Waals surface area (Å²) < 4.78 is 25.9. The second kappa shape index (κ2) is 9.26. The van der Waals surface area contributed by atoms with Crippen molar-refractivity contribution in [2.45, 2.75) is 13.0 Å². The van der Waals surface area contributed by atoms with E-state index in [4.69, 9.17) is 11.6 Å². The van der Waals surface area contributed by atoms with Crippen molar-refractivity contribution in [2.75, 3.05) is 18.4 Å². The van der Waals surface area contributed by atoms with Crippen molar-refractivity contribution in [3.05, 3.63) is 64.7 Å². The molecule has 0 spiro atoms. The van der Waals surface area contributed by atoms with Crippen LogP contribution in [0.15, 0.2) is 42.5 Å². The molecule has 0 aliphatic heterocycles. The molecule has 1 atom stereocenters. The standard InChI is InChI=1S/C18H18ClF2N3O2/c1-11(12-3-2-4-13(19)7-12)22-9-17(25)23-10-18(26)24-14-5-6-15(20)16(21)8-14/h2-8,11,22H,9-10H2,1H3,(H,23,25)(H,24,26)/p+1/t11-/m1/s1. The van der Waals surface area contributed by atoms with Crippen molar-refractivity contribution in [2.24, 2.45) is 0 Å². The number of halogens is 3. The van der Waals surface area contributed by atoms with Gasteiger partial charge in [0.2, 0.25) is 5.91 Å². The fourth-order valence-electron chi connectivity index (χ4n) is 2.24. The molecule has 0 aliphatic carbocycles. The Morgan fingerprint density at radius 1 is 1.12 bits per heavy atom. The quantitative estimate of drug-likeness (QED) is 0.685. The van der Waals surface area contributed by atoms with Crippen LogP contribution < -0.4 is 16.0 Å². The molecule has 0 bridgehead atoms. The second-order valence-electron chi connectivity index (χ2n) is 5.74. The molecule has 0 aliphatic rings. The molecule has 138 valence electrons. The van der Waals surface area contributed by atoms with Crippen molar-refractivity contribution in [1.82, 2.24) is 5.32 Å². The van der Waals surface area contributed by atoms with Crippen molar-refractivity contribution < 1.29 is 23.7 Å².